The molecule has 0 bridgehead atoms. The number of para-hydroxylation sites is 2. The molecule has 2 aromatic rings. The highest BCUT2D eigenvalue weighted by Gasteiger charge is 2.17. The number of carboxylic acids is 1. The average molecular weight is 279 g/mol. The molecule has 100 valence electrons. The lowest BCUT2D eigenvalue weighted by Crippen LogP contribution is -2.20. The van der Waals surface area contributed by atoms with Crippen LogP contribution >= 0.6 is 11.3 Å². The van der Waals surface area contributed by atoms with Crippen molar-refractivity contribution in [1.82, 2.24) is 4.98 Å². The zero-order valence-electron chi connectivity index (χ0n) is 10.2. The molecule has 0 saturated carbocycles. The SMILES string of the molecule is COc1ccccc1Nc1nc(C(N)C(=O)O)cs1. The number of rotatable bonds is 5. The second kappa shape index (κ2) is 5.68. The number of anilines is 2. The highest BCUT2D eigenvalue weighted by atomic mass is 32.1. The van der Waals surface area contributed by atoms with Crippen LogP contribution in [0.2, 0.25) is 0 Å². The number of carbonyl (C=O) groups is 1. The van der Waals surface area contributed by atoms with Gasteiger partial charge in [0.2, 0.25) is 0 Å². The Morgan fingerprint density at radius 3 is 2.95 bits per heavy atom. The van der Waals surface area contributed by atoms with Crippen molar-refractivity contribution in [3.63, 3.8) is 0 Å². The smallest absolute Gasteiger partial charge is 0.326 e. The summed E-state index contributed by atoms with van der Waals surface area (Å²) in [5.41, 5.74) is 6.58. The van der Waals surface area contributed by atoms with Crippen molar-refractivity contribution in [2.75, 3.05) is 12.4 Å². The lowest BCUT2D eigenvalue weighted by atomic mass is 10.2. The first kappa shape index (κ1) is 13.3. The first-order valence-electron chi connectivity index (χ1n) is 5.45. The Kier molecular flexibility index (Phi) is 3.98. The van der Waals surface area contributed by atoms with Crippen LogP contribution < -0.4 is 15.8 Å². The highest BCUT2D eigenvalue weighted by molar-refractivity contribution is 7.13. The van der Waals surface area contributed by atoms with Gasteiger partial charge >= 0.3 is 5.97 Å². The van der Waals surface area contributed by atoms with Crippen LogP contribution in [0, 0.1) is 0 Å². The van der Waals surface area contributed by atoms with E-state index in [0.29, 0.717) is 16.6 Å². The maximum absolute atomic E-state index is 10.8. The summed E-state index contributed by atoms with van der Waals surface area (Å²) in [4.78, 5) is 14.9. The van der Waals surface area contributed by atoms with Gasteiger partial charge in [-0.3, -0.25) is 4.79 Å². The van der Waals surface area contributed by atoms with E-state index in [9.17, 15) is 4.79 Å². The molecule has 4 N–H and O–H groups in total. The number of aromatic nitrogens is 1. The van der Waals surface area contributed by atoms with Crippen LogP contribution in [0.1, 0.15) is 11.7 Å². The second-order valence-electron chi connectivity index (χ2n) is 3.72. The van der Waals surface area contributed by atoms with E-state index in [1.54, 1.807) is 12.5 Å². The van der Waals surface area contributed by atoms with Crippen molar-refractivity contribution in [3.8, 4) is 5.75 Å². The molecule has 0 saturated heterocycles. The van der Waals surface area contributed by atoms with Gasteiger partial charge in [-0.1, -0.05) is 12.1 Å². The molecule has 1 atom stereocenters. The normalized spacial score (nSPS) is 11.9. The lowest BCUT2D eigenvalue weighted by molar-refractivity contribution is -0.138. The van der Waals surface area contributed by atoms with Crippen LogP contribution in [0.25, 0.3) is 0 Å². The number of thiazole rings is 1. The van der Waals surface area contributed by atoms with Crippen molar-refractivity contribution in [1.29, 1.82) is 0 Å². The third-order valence-electron chi connectivity index (χ3n) is 2.46. The third-order valence-corrected chi connectivity index (χ3v) is 3.23. The minimum atomic E-state index is -1.11. The van der Waals surface area contributed by atoms with Gasteiger partial charge in [0.15, 0.2) is 5.13 Å². The molecule has 1 heterocycles. The summed E-state index contributed by atoms with van der Waals surface area (Å²) in [5, 5.41) is 14.1. The Morgan fingerprint density at radius 1 is 1.53 bits per heavy atom. The standard InChI is InChI=1S/C12H13N3O3S/c1-18-9-5-3-2-4-7(9)14-12-15-8(6-19-12)10(13)11(16)17/h2-6,10H,13H2,1H3,(H,14,15)(H,16,17). The van der Waals surface area contributed by atoms with Gasteiger partial charge in [0.05, 0.1) is 18.5 Å². The molecular weight excluding hydrogens is 266 g/mol. The summed E-state index contributed by atoms with van der Waals surface area (Å²) in [7, 11) is 1.58. The van der Waals surface area contributed by atoms with Crippen molar-refractivity contribution < 1.29 is 14.6 Å². The summed E-state index contributed by atoms with van der Waals surface area (Å²) in [6, 6.07) is 6.28. The lowest BCUT2D eigenvalue weighted by Gasteiger charge is -2.08. The monoisotopic (exact) mass is 279 g/mol. The number of carboxylic acid groups (broad SMARTS) is 1. The minimum absolute atomic E-state index is 0.329. The fourth-order valence-corrected chi connectivity index (χ4v) is 2.23. The summed E-state index contributed by atoms with van der Waals surface area (Å²) < 4.78 is 5.21. The Bertz CT molecular complexity index is 585. The molecule has 6 nitrogen and oxygen atoms in total. The maximum atomic E-state index is 10.8. The Hall–Kier alpha value is -2.12. The number of nitrogens with zero attached hydrogens (tertiary/aromatic N) is 1. The van der Waals surface area contributed by atoms with Gasteiger partial charge in [0, 0.05) is 5.38 Å². The van der Waals surface area contributed by atoms with Crippen LogP contribution in [0.15, 0.2) is 29.6 Å². The van der Waals surface area contributed by atoms with E-state index >= 15 is 0 Å². The number of benzene rings is 1. The largest absolute Gasteiger partial charge is 0.495 e. The van der Waals surface area contributed by atoms with Crippen LogP contribution in [0.4, 0.5) is 10.8 Å². The Morgan fingerprint density at radius 2 is 2.26 bits per heavy atom. The molecule has 0 spiro atoms. The number of aliphatic carboxylic acids is 1. The third kappa shape index (κ3) is 3.01. The average Bonchev–Trinajstić information content (AvgIpc) is 2.87. The number of ether oxygens (including phenoxy) is 1. The fraction of sp³-hybridized carbons (Fsp3) is 0.167. The summed E-state index contributed by atoms with van der Waals surface area (Å²) in [5.74, 6) is -0.420. The summed E-state index contributed by atoms with van der Waals surface area (Å²) in [6.45, 7) is 0. The molecule has 7 heteroatoms. The first-order chi connectivity index (χ1) is 9.11. The van der Waals surface area contributed by atoms with E-state index in [-0.39, 0.29) is 0 Å². The van der Waals surface area contributed by atoms with Crippen molar-refractivity contribution in [3.05, 3.63) is 35.3 Å². The predicted molar refractivity (Wildman–Crippen MR) is 73.0 cm³/mol. The van der Waals surface area contributed by atoms with Gasteiger partial charge in [-0.2, -0.15) is 0 Å². The van der Waals surface area contributed by atoms with Crippen LogP contribution in [-0.2, 0) is 4.79 Å². The van der Waals surface area contributed by atoms with Crippen molar-refractivity contribution >= 4 is 28.1 Å². The zero-order chi connectivity index (χ0) is 13.8. The first-order valence-corrected chi connectivity index (χ1v) is 6.33. The molecule has 2 rings (SSSR count). The molecule has 1 aromatic carbocycles. The molecule has 1 unspecified atom stereocenters. The predicted octanol–water partition coefficient (Wildman–Crippen LogP) is 1.98. The van der Waals surface area contributed by atoms with Crippen LogP contribution in [-0.4, -0.2) is 23.2 Å². The van der Waals surface area contributed by atoms with Gasteiger partial charge in [-0.25, -0.2) is 4.98 Å². The Balaban J connectivity index is 2.18. The van der Waals surface area contributed by atoms with E-state index in [1.807, 2.05) is 24.3 Å². The number of hydrogen-bond donors (Lipinski definition) is 3. The molecule has 0 radical (unpaired) electrons. The molecule has 0 aliphatic carbocycles. The minimum Gasteiger partial charge on any atom is -0.495 e. The van der Waals surface area contributed by atoms with Gasteiger partial charge in [-0.15, -0.1) is 11.3 Å². The van der Waals surface area contributed by atoms with E-state index in [4.69, 9.17) is 15.6 Å². The molecule has 0 aliphatic rings. The van der Waals surface area contributed by atoms with Gasteiger partial charge in [0.1, 0.15) is 11.8 Å². The molecule has 0 amide bonds. The van der Waals surface area contributed by atoms with Crippen molar-refractivity contribution in [2.45, 2.75) is 6.04 Å². The molecular formula is C12H13N3O3S. The van der Waals surface area contributed by atoms with E-state index in [0.717, 1.165) is 5.69 Å². The van der Waals surface area contributed by atoms with E-state index in [2.05, 4.69) is 10.3 Å². The second-order valence-corrected chi connectivity index (χ2v) is 4.58. The highest BCUT2D eigenvalue weighted by Crippen LogP contribution is 2.29. The van der Waals surface area contributed by atoms with E-state index < -0.39 is 12.0 Å². The molecule has 0 fully saturated rings. The Labute approximate surface area is 113 Å². The zero-order valence-corrected chi connectivity index (χ0v) is 11.0. The molecule has 1 aromatic heterocycles. The number of nitrogens with two attached hydrogens (primary N) is 1. The number of nitrogens with one attached hydrogen (secondary N) is 1. The van der Waals surface area contributed by atoms with Crippen LogP contribution in [0.3, 0.4) is 0 Å². The molecule has 19 heavy (non-hydrogen) atoms. The maximum Gasteiger partial charge on any atom is 0.326 e. The number of methoxy groups -OCH3 is 1. The van der Waals surface area contributed by atoms with E-state index in [1.165, 1.54) is 11.3 Å². The topological polar surface area (TPSA) is 97.5 Å². The fourth-order valence-electron chi connectivity index (χ4n) is 1.48. The number of hydrogen-bond acceptors (Lipinski definition) is 6. The van der Waals surface area contributed by atoms with Gasteiger partial charge in [-0.05, 0) is 12.1 Å². The quantitative estimate of drug-likeness (QED) is 0.774. The molecule has 0 aliphatic heterocycles. The summed E-state index contributed by atoms with van der Waals surface area (Å²) >= 11 is 1.29. The van der Waals surface area contributed by atoms with Gasteiger partial charge in [0.25, 0.3) is 0 Å². The van der Waals surface area contributed by atoms with Crippen LogP contribution in [0.5, 0.6) is 5.75 Å². The summed E-state index contributed by atoms with van der Waals surface area (Å²) in [6.07, 6.45) is 0. The van der Waals surface area contributed by atoms with Crippen molar-refractivity contribution in [2.24, 2.45) is 5.73 Å². The van der Waals surface area contributed by atoms with Gasteiger partial charge < -0.3 is 20.9 Å².